The van der Waals surface area contributed by atoms with Crippen LogP contribution in [0.3, 0.4) is 0 Å². The van der Waals surface area contributed by atoms with Crippen LogP contribution >= 0.6 is 15.9 Å². The van der Waals surface area contributed by atoms with Crippen molar-refractivity contribution in [1.82, 2.24) is 0 Å². The predicted molar refractivity (Wildman–Crippen MR) is 72.5 cm³/mol. The zero-order valence-corrected chi connectivity index (χ0v) is 11.8. The number of rotatable bonds is 3. The number of benzene rings is 1. The Morgan fingerprint density at radius 1 is 1.56 bits per heavy atom. The van der Waals surface area contributed by atoms with Crippen molar-refractivity contribution in [2.75, 3.05) is 5.32 Å². The summed E-state index contributed by atoms with van der Waals surface area (Å²) >= 11 is 3.33. The summed E-state index contributed by atoms with van der Waals surface area (Å²) in [5.41, 5.74) is 1.12. The van der Waals surface area contributed by atoms with Gasteiger partial charge >= 0.3 is 0 Å². The summed E-state index contributed by atoms with van der Waals surface area (Å²) in [7, 11) is 0. The van der Waals surface area contributed by atoms with Crippen molar-refractivity contribution in [3.8, 4) is 5.75 Å². The summed E-state index contributed by atoms with van der Waals surface area (Å²) in [5.74, 6) is 0.410. The van der Waals surface area contributed by atoms with E-state index in [0.29, 0.717) is 17.0 Å². The maximum absolute atomic E-state index is 12.0. The minimum atomic E-state index is -0.501. The van der Waals surface area contributed by atoms with Crippen LogP contribution in [0.25, 0.3) is 0 Å². The van der Waals surface area contributed by atoms with Gasteiger partial charge < -0.3 is 10.1 Å². The summed E-state index contributed by atoms with van der Waals surface area (Å²) in [6.45, 7) is 3.62. The molecule has 0 aromatic heterocycles. The van der Waals surface area contributed by atoms with Gasteiger partial charge in [-0.05, 0) is 31.5 Å². The molecule has 1 amide bonds. The van der Waals surface area contributed by atoms with Crippen molar-refractivity contribution in [1.29, 1.82) is 0 Å². The number of alkyl halides is 1. The third-order valence-electron chi connectivity index (χ3n) is 2.84. The van der Waals surface area contributed by atoms with Gasteiger partial charge in [0.25, 0.3) is 5.91 Å². The van der Waals surface area contributed by atoms with Crippen molar-refractivity contribution >= 4 is 33.3 Å². The molecule has 1 aliphatic heterocycles. The largest absolute Gasteiger partial charge is 0.479 e. The van der Waals surface area contributed by atoms with Crippen LogP contribution < -0.4 is 10.1 Å². The molecule has 0 aliphatic carbocycles. The Bertz CT molecular complexity index is 501. The van der Waals surface area contributed by atoms with E-state index in [2.05, 4.69) is 21.2 Å². The number of ether oxygens (including phenoxy) is 1. The molecule has 0 saturated carbocycles. The molecule has 1 N–H and O–H groups in total. The topological polar surface area (TPSA) is 55.4 Å². The summed E-state index contributed by atoms with van der Waals surface area (Å²) in [6.07, 6.45) is 0.217. The Morgan fingerprint density at radius 2 is 2.28 bits per heavy atom. The molecule has 18 heavy (non-hydrogen) atoms. The normalized spacial score (nSPS) is 19.5. The molecule has 0 bridgehead atoms. The second kappa shape index (κ2) is 5.10. The Labute approximate surface area is 114 Å². The number of ketones is 1. The van der Waals surface area contributed by atoms with Crippen LogP contribution in [-0.4, -0.2) is 22.6 Å². The molecule has 96 valence electrons. The minimum Gasteiger partial charge on any atom is -0.479 e. The van der Waals surface area contributed by atoms with Crippen LogP contribution in [0.4, 0.5) is 5.69 Å². The maximum Gasteiger partial charge on any atom is 0.265 e. The van der Waals surface area contributed by atoms with Gasteiger partial charge in [0.1, 0.15) is 5.75 Å². The molecule has 0 saturated heterocycles. The molecule has 1 aromatic carbocycles. The second-order valence-corrected chi connectivity index (χ2v) is 5.31. The summed E-state index contributed by atoms with van der Waals surface area (Å²) < 4.78 is 5.43. The fourth-order valence-electron chi connectivity index (χ4n) is 1.73. The quantitative estimate of drug-likeness (QED) is 0.690. The van der Waals surface area contributed by atoms with Crippen molar-refractivity contribution in [2.24, 2.45) is 0 Å². The molecular weight excluding hydrogens is 298 g/mol. The minimum absolute atomic E-state index is 0.00757. The van der Waals surface area contributed by atoms with E-state index < -0.39 is 6.10 Å². The lowest BCUT2D eigenvalue weighted by Gasteiger charge is -2.23. The fraction of sp³-hybridized carbons (Fsp3) is 0.385. The van der Waals surface area contributed by atoms with E-state index in [4.69, 9.17) is 4.74 Å². The van der Waals surface area contributed by atoms with Crippen molar-refractivity contribution in [3.63, 3.8) is 0 Å². The van der Waals surface area contributed by atoms with Crippen LogP contribution in [0.15, 0.2) is 18.2 Å². The third-order valence-corrected chi connectivity index (χ3v) is 3.90. The average Bonchev–Trinajstić information content (AvgIpc) is 2.37. The molecule has 4 nitrogen and oxygen atoms in total. The van der Waals surface area contributed by atoms with Gasteiger partial charge in [-0.2, -0.15) is 0 Å². The average molecular weight is 312 g/mol. The number of nitrogens with one attached hydrogen (secondary N) is 1. The maximum atomic E-state index is 12.0. The molecule has 2 unspecified atom stereocenters. The Morgan fingerprint density at radius 3 is 2.94 bits per heavy atom. The van der Waals surface area contributed by atoms with Crippen LogP contribution in [0, 0.1) is 0 Å². The van der Waals surface area contributed by atoms with Crippen LogP contribution in [0.5, 0.6) is 5.75 Å². The lowest BCUT2D eigenvalue weighted by Crippen LogP contribution is -2.34. The van der Waals surface area contributed by atoms with Crippen LogP contribution in [0.1, 0.15) is 30.6 Å². The monoisotopic (exact) mass is 311 g/mol. The number of carbonyl (C=O) groups excluding carboxylic acids is 2. The number of anilines is 1. The van der Waals surface area contributed by atoms with Crippen LogP contribution in [0.2, 0.25) is 0 Å². The number of hydrogen-bond acceptors (Lipinski definition) is 3. The lowest BCUT2D eigenvalue weighted by atomic mass is 10.0. The van der Waals surface area contributed by atoms with Crippen molar-refractivity contribution in [2.45, 2.75) is 31.2 Å². The highest BCUT2D eigenvalue weighted by molar-refractivity contribution is 9.10. The fourth-order valence-corrected chi connectivity index (χ4v) is 1.99. The number of halogens is 1. The van der Waals surface area contributed by atoms with Gasteiger partial charge in [-0.1, -0.05) is 22.9 Å². The number of fused-ring (bicyclic) bond motifs is 1. The molecule has 2 atom stereocenters. The highest BCUT2D eigenvalue weighted by Crippen LogP contribution is 2.31. The van der Waals surface area contributed by atoms with Gasteiger partial charge in [-0.3, -0.25) is 9.59 Å². The third kappa shape index (κ3) is 2.41. The van der Waals surface area contributed by atoms with E-state index >= 15 is 0 Å². The summed E-state index contributed by atoms with van der Waals surface area (Å²) in [4.78, 5) is 23.3. The first-order valence-corrected chi connectivity index (χ1v) is 6.74. The predicted octanol–water partition coefficient (Wildman–Crippen LogP) is 2.76. The van der Waals surface area contributed by atoms with Gasteiger partial charge in [0.2, 0.25) is 0 Å². The van der Waals surface area contributed by atoms with Crippen molar-refractivity contribution in [3.05, 3.63) is 23.8 Å². The van der Waals surface area contributed by atoms with Crippen molar-refractivity contribution < 1.29 is 14.3 Å². The van der Waals surface area contributed by atoms with E-state index in [0.717, 1.165) is 6.42 Å². The smallest absolute Gasteiger partial charge is 0.265 e. The van der Waals surface area contributed by atoms with E-state index in [1.54, 1.807) is 25.1 Å². The first-order valence-electron chi connectivity index (χ1n) is 5.82. The SMILES string of the molecule is CCC(Br)C(=O)c1ccc2c(c1)NC(=O)C(C)O2. The van der Waals surface area contributed by atoms with Gasteiger partial charge in [0.05, 0.1) is 10.5 Å². The highest BCUT2D eigenvalue weighted by Gasteiger charge is 2.25. The number of amides is 1. The number of hydrogen-bond donors (Lipinski definition) is 1. The van der Waals surface area contributed by atoms with Gasteiger partial charge in [-0.25, -0.2) is 0 Å². The molecule has 1 aromatic rings. The molecule has 0 fully saturated rings. The van der Waals surface area contributed by atoms with Gasteiger partial charge in [0, 0.05) is 5.56 Å². The Kier molecular flexibility index (Phi) is 3.71. The molecule has 1 aliphatic rings. The van der Waals surface area contributed by atoms with Gasteiger partial charge in [-0.15, -0.1) is 0 Å². The zero-order chi connectivity index (χ0) is 13.3. The molecule has 0 radical (unpaired) electrons. The molecule has 2 rings (SSSR count). The zero-order valence-electron chi connectivity index (χ0n) is 10.2. The molecule has 5 heteroatoms. The Balaban J connectivity index is 2.30. The summed E-state index contributed by atoms with van der Waals surface area (Å²) in [6, 6.07) is 5.09. The Hall–Kier alpha value is -1.36. The first-order chi connectivity index (χ1) is 8.52. The molecular formula is C13H14BrNO3. The second-order valence-electron chi connectivity index (χ2n) is 4.20. The van der Waals surface area contributed by atoms with E-state index in [-0.39, 0.29) is 16.5 Å². The van der Waals surface area contributed by atoms with E-state index in [1.165, 1.54) is 0 Å². The molecule has 1 heterocycles. The van der Waals surface area contributed by atoms with Gasteiger partial charge in [0.15, 0.2) is 11.9 Å². The standard InChI is InChI=1S/C13H14BrNO3/c1-3-9(14)12(16)8-4-5-11-10(6-8)15-13(17)7(2)18-11/h4-7,9H,3H2,1-2H3,(H,15,17). The number of Topliss-reactive ketones (excluding diaryl/α,β-unsaturated/α-hetero) is 1. The summed E-state index contributed by atoms with van der Waals surface area (Å²) in [5, 5.41) is 2.73. The lowest BCUT2D eigenvalue weighted by molar-refractivity contribution is -0.122. The molecule has 0 spiro atoms. The highest BCUT2D eigenvalue weighted by atomic mass is 79.9. The van der Waals surface area contributed by atoms with E-state index in [9.17, 15) is 9.59 Å². The van der Waals surface area contributed by atoms with E-state index in [1.807, 2.05) is 6.92 Å². The number of carbonyl (C=O) groups is 2. The van der Waals surface area contributed by atoms with Crippen LogP contribution in [-0.2, 0) is 4.79 Å². The first kappa shape index (κ1) is 13.1.